The first-order valence-electron chi connectivity index (χ1n) is 6.34. The molecule has 0 amide bonds. The molecule has 0 unspecified atom stereocenters. The van der Waals surface area contributed by atoms with Crippen LogP contribution in [0.1, 0.15) is 43.5 Å². The lowest BCUT2D eigenvalue weighted by molar-refractivity contribution is -0.117. The molecule has 17 heavy (non-hydrogen) atoms. The lowest BCUT2D eigenvalue weighted by atomic mass is 9.94. The quantitative estimate of drug-likeness (QED) is 0.748. The molecule has 0 saturated heterocycles. The highest BCUT2D eigenvalue weighted by atomic mass is 16.1. The maximum atomic E-state index is 12.0. The molecule has 0 spiro atoms. The lowest BCUT2D eigenvalue weighted by Gasteiger charge is -2.11. The van der Waals surface area contributed by atoms with E-state index in [4.69, 9.17) is 0 Å². The average molecular weight is 232 g/mol. The Kier molecular flexibility index (Phi) is 3.77. The fourth-order valence-corrected chi connectivity index (χ4v) is 2.41. The Morgan fingerprint density at radius 3 is 2.82 bits per heavy atom. The standard InChI is InChI=1S/C14H20N2O/c1-11-8-13(16(2)15-11)10-14(17)9-12-6-4-3-5-7-12/h6,8H,3-5,7,9-10H2,1-2H3. The van der Waals surface area contributed by atoms with Gasteiger partial charge in [0.25, 0.3) is 0 Å². The Labute approximate surface area is 103 Å². The molecule has 0 fully saturated rings. The highest BCUT2D eigenvalue weighted by Gasteiger charge is 2.12. The van der Waals surface area contributed by atoms with Crippen molar-refractivity contribution in [3.63, 3.8) is 0 Å². The van der Waals surface area contributed by atoms with Gasteiger partial charge in [0, 0.05) is 25.6 Å². The van der Waals surface area contributed by atoms with E-state index in [0.29, 0.717) is 18.6 Å². The van der Waals surface area contributed by atoms with Crippen molar-refractivity contribution in [2.45, 2.75) is 45.4 Å². The zero-order chi connectivity index (χ0) is 12.3. The minimum absolute atomic E-state index is 0.307. The molecule has 3 nitrogen and oxygen atoms in total. The molecular weight excluding hydrogens is 212 g/mol. The van der Waals surface area contributed by atoms with Gasteiger partial charge in [-0.1, -0.05) is 11.6 Å². The smallest absolute Gasteiger partial charge is 0.142 e. The van der Waals surface area contributed by atoms with Gasteiger partial charge in [-0.15, -0.1) is 0 Å². The van der Waals surface area contributed by atoms with Crippen LogP contribution in [0.5, 0.6) is 0 Å². The maximum Gasteiger partial charge on any atom is 0.142 e. The van der Waals surface area contributed by atoms with Crippen molar-refractivity contribution in [1.82, 2.24) is 9.78 Å². The number of aryl methyl sites for hydroxylation is 2. The van der Waals surface area contributed by atoms with Gasteiger partial charge in [0.15, 0.2) is 0 Å². The molecular formula is C14H20N2O. The number of aromatic nitrogens is 2. The third-order valence-electron chi connectivity index (χ3n) is 3.29. The van der Waals surface area contributed by atoms with Crippen LogP contribution in [0.2, 0.25) is 0 Å². The van der Waals surface area contributed by atoms with Gasteiger partial charge in [-0.05, 0) is 38.7 Å². The van der Waals surface area contributed by atoms with E-state index in [-0.39, 0.29) is 0 Å². The summed E-state index contributed by atoms with van der Waals surface area (Å²) in [5, 5.41) is 4.26. The Bertz CT molecular complexity index is 443. The second-order valence-corrected chi connectivity index (χ2v) is 4.90. The van der Waals surface area contributed by atoms with Gasteiger partial charge < -0.3 is 0 Å². The molecule has 2 rings (SSSR count). The summed E-state index contributed by atoms with van der Waals surface area (Å²) in [6.45, 7) is 1.96. The molecule has 0 bridgehead atoms. The second kappa shape index (κ2) is 5.30. The first kappa shape index (κ1) is 12.1. The Morgan fingerprint density at radius 2 is 2.24 bits per heavy atom. The number of ketones is 1. The number of carbonyl (C=O) groups is 1. The zero-order valence-electron chi connectivity index (χ0n) is 10.7. The van der Waals surface area contributed by atoms with Crippen LogP contribution in [0, 0.1) is 6.92 Å². The van der Waals surface area contributed by atoms with Crippen molar-refractivity contribution in [1.29, 1.82) is 0 Å². The van der Waals surface area contributed by atoms with Gasteiger partial charge in [0.1, 0.15) is 5.78 Å². The van der Waals surface area contributed by atoms with Gasteiger partial charge >= 0.3 is 0 Å². The van der Waals surface area contributed by atoms with E-state index in [2.05, 4.69) is 11.2 Å². The topological polar surface area (TPSA) is 34.9 Å². The van der Waals surface area contributed by atoms with Crippen molar-refractivity contribution < 1.29 is 4.79 Å². The number of nitrogens with zero attached hydrogens (tertiary/aromatic N) is 2. The van der Waals surface area contributed by atoms with E-state index in [1.54, 1.807) is 0 Å². The lowest BCUT2D eigenvalue weighted by Crippen LogP contribution is -2.09. The molecule has 0 radical (unpaired) electrons. The molecule has 92 valence electrons. The summed E-state index contributed by atoms with van der Waals surface area (Å²) in [7, 11) is 1.90. The van der Waals surface area contributed by atoms with Crippen molar-refractivity contribution in [3.8, 4) is 0 Å². The van der Waals surface area contributed by atoms with Crippen LogP contribution in [-0.2, 0) is 18.3 Å². The van der Waals surface area contributed by atoms with E-state index in [1.807, 2.05) is 24.7 Å². The van der Waals surface area contributed by atoms with Gasteiger partial charge in [-0.3, -0.25) is 9.48 Å². The number of Topliss-reactive ketones (excluding diaryl/α,β-unsaturated/α-hetero) is 1. The third-order valence-corrected chi connectivity index (χ3v) is 3.29. The normalized spacial score (nSPS) is 15.8. The molecule has 1 aliphatic rings. The zero-order valence-corrected chi connectivity index (χ0v) is 10.7. The maximum absolute atomic E-state index is 12.0. The van der Waals surface area contributed by atoms with E-state index in [9.17, 15) is 4.79 Å². The molecule has 1 aliphatic carbocycles. The molecule has 0 atom stereocenters. The molecule has 3 heteroatoms. The van der Waals surface area contributed by atoms with Crippen molar-refractivity contribution >= 4 is 5.78 Å². The van der Waals surface area contributed by atoms with Crippen LogP contribution in [0.15, 0.2) is 17.7 Å². The highest BCUT2D eigenvalue weighted by Crippen LogP contribution is 2.20. The molecule has 1 aromatic heterocycles. The van der Waals surface area contributed by atoms with Gasteiger partial charge in [-0.25, -0.2) is 0 Å². The van der Waals surface area contributed by atoms with Crippen LogP contribution in [0.4, 0.5) is 0 Å². The van der Waals surface area contributed by atoms with E-state index >= 15 is 0 Å². The molecule has 0 aromatic carbocycles. The second-order valence-electron chi connectivity index (χ2n) is 4.90. The molecule has 1 heterocycles. The summed E-state index contributed by atoms with van der Waals surface area (Å²) in [6.07, 6.45) is 8.15. The predicted molar refractivity (Wildman–Crippen MR) is 67.8 cm³/mol. The van der Waals surface area contributed by atoms with Crippen molar-refractivity contribution in [3.05, 3.63) is 29.1 Å². The molecule has 1 aromatic rings. The monoisotopic (exact) mass is 232 g/mol. The van der Waals surface area contributed by atoms with Crippen LogP contribution >= 0.6 is 0 Å². The Morgan fingerprint density at radius 1 is 1.41 bits per heavy atom. The Hall–Kier alpha value is -1.38. The first-order valence-corrected chi connectivity index (χ1v) is 6.34. The van der Waals surface area contributed by atoms with Crippen LogP contribution in [0.25, 0.3) is 0 Å². The fraction of sp³-hybridized carbons (Fsp3) is 0.571. The first-order chi connectivity index (χ1) is 8.15. The summed E-state index contributed by atoms with van der Waals surface area (Å²) in [4.78, 5) is 12.0. The number of hydrogen-bond donors (Lipinski definition) is 0. The number of rotatable bonds is 4. The van der Waals surface area contributed by atoms with E-state index in [1.165, 1.54) is 18.4 Å². The largest absolute Gasteiger partial charge is 0.299 e. The summed E-state index contributed by atoms with van der Waals surface area (Å²) in [5.41, 5.74) is 3.33. The molecule has 0 N–H and O–H groups in total. The van der Waals surface area contributed by atoms with Gasteiger partial charge in [0.05, 0.1) is 5.69 Å². The number of carbonyl (C=O) groups excluding carboxylic acids is 1. The summed E-state index contributed by atoms with van der Waals surface area (Å²) >= 11 is 0. The predicted octanol–water partition coefficient (Wildman–Crippen LogP) is 2.73. The molecule has 0 saturated carbocycles. The number of allylic oxidation sites excluding steroid dienone is 2. The van der Waals surface area contributed by atoms with Crippen molar-refractivity contribution in [2.24, 2.45) is 7.05 Å². The van der Waals surface area contributed by atoms with E-state index < -0.39 is 0 Å². The minimum Gasteiger partial charge on any atom is -0.299 e. The number of hydrogen-bond acceptors (Lipinski definition) is 2. The van der Waals surface area contributed by atoms with Gasteiger partial charge in [-0.2, -0.15) is 5.10 Å². The summed E-state index contributed by atoms with van der Waals surface area (Å²) in [5.74, 6) is 0.307. The van der Waals surface area contributed by atoms with Gasteiger partial charge in [0.2, 0.25) is 0 Å². The van der Waals surface area contributed by atoms with E-state index in [0.717, 1.165) is 24.2 Å². The van der Waals surface area contributed by atoms with Crippen LogP contribution in [0.3, 0.4) is 0 Å². The fourth-order valence-electron chi connectivity index (χ4n) is 2.41. The average Bonchev–Trinajstić information content (AvgIpc) is 2.58. The molecule has 0 aliphatic heterocycles. The third kappa shape index (κ3) is 3.29. The minimum atomic E-state index is 0.307. The van der Waals surface area contributed by atoms with Crippen LogP contribution < -0.4 is 0 Å². The highest BCUT2D eigenvalue weighted by molar-refractivity contribution is 5.82. The summed E-state index contributed by atoms with van der Waals surface area (Å²) < 4.78 is 1.81. The van der Waals surface area contributed by atoms with Crippen LogP contribution in [-0.4, -0.2) is 15.6 Å². The van der Waals surface area contributed by atoms with Crippen molar-refractivity contribution in [2.75, 3.05) is 0 Å². The Balaban J connectivity index is 1.93. The summed E-state index contributed by atoms with van der Waals surface area (Å²) in [6, 6.07) is 1.99. The SMILES string of the molecule is Cc1cc(CC(=O)CC2=CCCCC2)n(C)n1.